The number of amides is 1. The summed E-state index contributed by atoms with van der Waals surface area (Å²) in [6.45, 7) is 0.526. The zero-order chi connectivity index (χ0) is 14.5. The average molecular weight is 276 g/mol. The van der Waals surface area contributed by atoms with Crippen molar-refractivity contribution >= 4 is 18.2 Å². The van der Waals surface area contributed by atoms with Gasteiger partial charge in [-0.2, -0.15) is 0 Å². The summed E-state index contributed by atoms with van der Waals surface area (Å²) in [4.78, 5) is 33.9. The molecule has 20 heavy (non-hydrogen) atoms. The first-order valence-corrected chi connectivity index (χ1v) is 6.31. The highest BCUT2D eigenvalue weighted by Crippen LogP contribution is 2.10. The van der Waals surface area contributed by atoms with Gasteiger partial charge in [0.05, 0.1) is 7.11 Å². The first-order valence-electron chi connectivity index (χ1n) is 6.31. The fourth-order valence-corrected chi connectivity index (χ4v) is 2.15. The Balaban J connectivity index is 1.91. The predicted molar refractivity (Wildman–Crippen MR) is 71.5 cm³/mol. The summed E-state index contributed by atoms with van der Waals surface area (Å²) in [5.74, 6) is -0.545. The van der Waals surface area contributed by atoms with Crippen molar-refractivity contribution in [1.29, 1.82) is 0 Å². The first-order chi connectivity index (χ1) is 9.63. The summed E-state index contributed by atoms with van der Waals surface area (Å²) in [6.07, 6.45) is 1.23. The van der Waals surface area contributed by atoms with Crippen LogP contribution in [0.15, 0.2) is 24.3 Å². The molecule has 2 N–H and O–H groups in total. The number of rotatable bonds is 4. The molecule has 0 aliphatic carbocycles. The van der Waals surface area contributed by atoms with Crippen LogP contribution in [0.4, 0.5) is 0 Å². The number of ether oxygens (including phenoxy) is 1. The van der Waals surface area contributed by atoms with Gasteiger partial charge in [0.2, 0.25) is 0 Å². The van der Waals surface area contributed by atoms with Crippen LogP contribution in [0, 0.1) is 0 Å². The monoisotopic (exact) mass is 276 g/mol. The maximum absolute atomic E-state index is 12.0. The molecule has 0 radical (unpaired) electrons. The highest BCUT2D eigenvalue weighted by Gasteiger charge is 2.30. The number of esters is 1. The largest absolute Gasteiger partial charge is 0.468 e. The SMILES string of the molecule is COC(=O)C1CC(NC(=O)c2ccc(C=O)cc2)CN1. The van der Waals surface area contributed by atoms with Crippen molar-refractivity contribution in [3.63, 3.8) is 0 Å². The molecule has 1 heterocycles. The summed E-state index contributed by atoms with van der Waals surface area (Å²) >= 11 is 0. The fraction of sp³-hybridized carbons (Fsp3) is 0.357. The number of nitrogens with one attached hydrogen (secondary N) is 2. The zero-order valence-corrected chi connectivity index (χ0v) is 11.1. The van der Waals surface area contributed by atoms with Gasteiger partial charge in [-0.3, -0.25) is 14.4 Å². The van der Waals surface area contributed by atoms with Gasteiger partial charge in [0, 0.05) is 23.7 Å². The second-order valence-electron chi connectivity index (χ2n) is 4.63. The van der Waals surface area contributed by atoms with E-state index in [0.29, 0.717) is 24.1 Å². The molecular weight excluding hydrogens is 260 g/mol. The molecular formula is C14H16N2O4. The van der Waals surface area contributed by atoms with Gasteiger partial charge in [-0.25, -0.2) is 0 Å². The Morgan fingerprint density at radius 3 is 2.65 bits per heavy atom. The molecule has 6 nitrogen and oxygen atoms in total. The van der Waals surface area contributed by atoms with Crippen molar-refractivity contribution in [2.24, 2.45) is 0 Å². The molecule has 0 spiro atoms. The lowest BCUT2D eigenvalue weighted by molar-refractivity contribution is -0.142. The molecule has 1 aliphatic heterocycles. The summed E-state index contributed by atoms with van der Waals surface area (Å²) in [6, 6.07) is 5.89. The van der Waals surface area contributed by atoms with Gasteiger partial charge < -0.3 is 15.4 Å². The molecule has 2 unspecified atom stereocenters. The Bertz CT molecular complexity index is 512. The minimum Gasteiger partial charge on any atom is -0.468 e. The van der Waals surface area contributed by atoms with Crippen LogP contribution in [0.3, 0.4) is 0 Å². The quantitative estimate of drug-likeness (QED) is 0.603. The van der Waals surface area contributed by atoms with Crippen LogP contribution in [0.2, 0.25) is 0 Å². The summed E-state index contributed by atoms with van der Waals surface area (Å²) in [5, 5.41) is 5.84. The minimum atomic E-state index is -0.372. The lowest BCUT2D eigenvalue weighted by Gasteiger charge is -2.11. The minimum absolute atomic E-state index is 0.114. The Kier molecular flexibility index (Phi) is 4.47. The van der Waals surface area contributed by atoms with E-state index < -0.39 is 0 Å². The Morgan fingerprint density at radius 2 is 2.05 bits per heavy atom. The molecule has 1 aliphatic rings. The van der Waals surface area contributed by atoms with Crippen molar-refractivity contribution in [1.82, 2.24) is 10.6 Å². The highest BCUT2D eigenvalue weighted by molar-refractivity contribution is 5.95. The van der Waals surface area contributed by atoms with Crippen LogP contribution in [0.1, 0.15) is 27.1 Å². The molecule has 2 rings (SSSR count). The average Bonchev–Trinajstić information content (AvgIpc) is 2.95. The fourth-order valence-electron chi connectivity index (χ4n) is 2.15. The number of hydrogen-bond donors (Lipinski definition) is 2. The maximum atomic E-state index is 12.0. The van der Waals surface area contributed by atoms with E-state index in [2.05, 4.69) is 15.4 Å². The van der Waals surface area contributed by atoms with Crippen molar-refractivity contribution in [3.8, 4) is 0 Å². The van der Waals surface area contributed by atoms with E-state index in [1.807, 2.05) is 0 Å². The van der Waals surface area contributed by atoms with Gasteiger partial charge in [0.25, 0.3) is 5.91 Å². The van der Waals surface area contributed by atoms with Gasteiger partial charge in [-0.05, 0) is 18.6 Å². The van der Waals surface area contributed by atoms with Crippen LogP contribution < -0.4 is 10.6 Å². The topological polar surface area (TPSA) is 84.5 Å². The van der Waals surface area contributed by atoms with Crippen molar-refractivity contribution in [2.45, 2.75) is 18.5 Å². The van der Waals surface area contributed by atoms with Crippen LogP contribution in [-0.4, -0.2) is 43.9 Å². The molecule has 1 aromatic rings. The van der Waals surface area contributed by atoms with Crippen LogP contribution in [0.5, 0.6) is 0 Å². The van der Waals surface area contributed by atoms with E-state index in [4.69, 9.17) is 0 Å². The van der Waals surface area contributed by atoms with Gasteiger partial charge in [0.1, 0.15) is 12.3 Å². The summed E-state index contributed by atoms with van der Waals surface area (Å²) < 4.78 is 4.65. The number of aldehydes is 1. The van der Waals surface area contributed by atoms with E-state index in [0.717, 1.165) is 6.29 Å². The highest BCUT2D eigenvalue weighted by atomic mass is 16.5. The number of benzene rings is 1. The Morgan fingerprint density at radius 1 is 1.35 bits per heavy atom. The second-order valence-corrected chi connectivity index (χ2v) is 4.63. The molecule has 6 heteroatoms. The maximum Gasteiger partial charge on any atom is 0.322 e. The lowest BCUT2D eigenvalue weighted by atomic mass is 10.1. The molecule has 1 fully saturated rings. The van der Waals surface area contributed by atoms with E-state index in [9.17, 15) is 14.4 Å². The van der Waals surface area contributed by atoms with E-state index in [1.54, 1.807) is 24.3 Å². The molecule has 1 amide bonds. The number of carbonyl (C=O) groups excluding carboxylic acids is 3. The normalized spacial score (nSPS) is 21.2. The molecule has 106 valence electrons. The van der Waals surface area contributed by atoms with E-state index >= 15 is 0 Å². The van der Waals surface area contributed by atoms with Crippen LogP contribution >= 0.6 is 0 Å². The third kappa shape index (κ3) is 3.21. The van der Waals surface area contributed by atoms with Gasteiger partial charge in [-0.15, -0.1) is 0 Å². The van der Waals surface area contributed by atoms with Crippen LogP contribution in [-0.2, 0) is 9.53 Å². The standard InChI is InChI=1S/C14H16N2O4/c1-20-14(19)12-6-11(7-15-12)16-13(18)10-4-2-9(8-17)3-5-10/h2-5,8,11-12,15H,6-7H2,1H3,(H,16,18). The molecule has 2 atom stereocenters. The predicted octanol–water partition coefficient (Wildman–Crippen LogP) is 0.132. The third-order valence-corrected chi connectivity index (χ3v) is 3.26. The van der Waals surface area contributed by atoms with E-state index in [-0.39, 0.29) is 24.0 Å². The summed E-state index contributed by atoms with van der Waals surface area (Å²) in [5.41, 5.74) is 1.01. The van der Waals surface area contributed by atoms with Crippen molar-refractivity contribution in [2.75, 3.05) is 13.7 Å². The van der Waals surface area contributed by atoms with Crippen molar-refractivity contribution < 1.29 is 19.1 Å². The van der Waals surface area contributed by atoms with Gasteiger partial charge in [-0.1, -0.05) is 12.1 Å². The lowest BCUT2D eigenvalue weighted by Crippen LogP contribution is -2.36. The first kappa shape index (κ1) is 14.2. The third-order valence-electron chi connectivity index (χ3n) is 3.26. The molecule has 1 saturated heterocycles. The van der Waals surface area contributed by atoms with Gasteiger partial charge >= 0.3 is 5.97 Å². The summed E-state index contributed by atoms with van der Waals surface area (Å²) in [7, 11) is 1.34. The molecule has 0 aromatic heterocycles. The van der Waals surface area contributed by atoms with Gasteiger partial charge in [0.15, 0.2) is 0 Å². The van der Waals surface area contributed by atoms with Crippen LogP contribution in [0.25, 0.3) is 0 Å². The number of hydrogen-bond acceptors (Lipinski definition) is 5. The van der Waals surface area contributed by atoms with Crippen molar-refractivity contribution in [3.05, 3.63) is 35.4 Å². The molecule has 1 aromatic carbocycles. The molecule has 0 bridgehead atoms. The Hall–Kier alpha value is -2.21. The number of methoxy groups -OCH3 is 1. The second kappa shape index (κ2) is 6.29. The smallest absolute Gasteiger partial charge is 0.322 e. The zero-order valence-electron chi connectivity index (χ0n) is 11.1. The Labute approximate surface area is 116 Å². The molecule has 0 saturated carbocycles. The number of carbonyl (C=O) groups is 3. The van der Waals surface area contributed by atoms with E-state index in [1.165, 1.54) is 7.11 Å².